The Morgan fingerprint density at radius 3 is 2.90 bits per heavy atom. The van der Waals surface area contributed by atoms with E-state index in [2.05, 4.69) is 20.3 Å². The average molecular weight is 414 g/mol. The molecule has 2 aromatic heterocycles. The van der Waals surface area contributed by atoms with Crippen molar-refractivity contribution < 1.29 is 4.79 Å². The number of fused-ring (bicyclic) bond motifs is 2. The van der Waals surface area contributed by atoms with Crippen LogP contribution < -0.4 is 16.6 Å². The number of likely N-dealkylation sites (tertiary alicyclic amines) is 1. The van der Waals surface area contributed by atoms with E-state index >= 15 is 0 Å². The highest BCUT2D eigenvalue weighted by Crippen LogP contribution is 2.21. The quantitative estimate of drug-likeness (QED) is 0.460. The molecule has 1 fully saturated rings. The fraction of sp³-hybridized carbons (Fsp3) is 0.217. The molecule has 1 atom stereocenters. The molecule has 0 aliphatic carbocycles. The van der Waals surface area contributed by atoms with Gasteiger partial charge in [0.15, 0.2) is 0 Å². The second-order valence-corrected chi connectivity index (χ2v) is 7.80. The predicted octanol–water partition coefficient (Wildman–Crippen LogP) is 1.94. The third-order valence-electron chi connectivity index (χ3n) is 5.77. The summed E-state index contributed by atoms with van der Waals surface area (Å²) in [6.45, 7) is 1.51. The summed E-state index contributed by atoms with van der Waals surface area (Å²) in [6, 6.07) is 15.0. The number of nitrogen functional groups attached to an aromatic ring is 1. The van der Waals surface area contributed by atoms with Crippen LogP contribution in [0, 0.1) is 0 Å². The number of nitrogens with zero attached hydrogens (tertiary/aromatic N) is 3. The first-order valence-corrected chi connectivity index (χ1v) is 10.2. The van der Waals surface area contributed by atoms with E-state index < -0.39 is 0 Å². The van der Waals surface area contributed by atoms with Gasteiger partial charge in [-0.15, -0.1) is 0 Å². The first-order valence-electron chi connectivity index (χ1n) is 10.2. The van der Waals surface area contributed by atoms with Crippen molar-refractivity contribution >= 4 is 33.5 Å². The first-order chi connectivity index (χ1) is 15.1. The van der Waals surface area contributed by atoms with E-state index in [4.69, 9.17) is 5.73 Å². The Labute approximate surface area is 178 Å². The summed E-state index contributed by atoms with van der Waals surface area (Å²) in [5.41, 5.74) is 8.94. The molecule has 0 bridgehead atoms. The number of pyridine rings is 1. The Balaban J connectivity index is 1.26. The van der Waals surface area contributed by atoms with E-state index in [-0.39, 0.29) is 17.5 Å². The molecule has 0 radical (unpaired) electrons. The normalized spacial score (nSPS) is 16.5. The zero-order chi connectivity index (χ0) is 21.4. The largest absolute Gasteiger partial charge is 0.383 e. The summed E-state index contributed by atoms with van der Waals surface area (Å²) in [7, 11) is 0. The van der Waals surface area contributed by atoms with E-state index in [1.54, 1.807) is 0 Å². The number of rotatable bonds is 5. The van der Waals surface area contributed by atoms with Crippen LogP contribution in [-0.2, 0) is 17.9 Å². The number of H-pyrrole nitrogens is 1. The summed E-state index contributed by atoms with van der Waals surface area (Å²) in [5, 5.41) is 5.03. The highest BCUT2D eigenvalue weighted by Gasteiger charge is 2.31. The molecule has 8 heteroatoms. The van der Waals surface area contributed by atoms with Crippen LogP contribution in [0.5, 0.6) is 0 Å². The van der Waals surface area contributed by atoms with Gasteiger partial charge in [0.05, 0.1) is 11.6 Å². The number of nitrogens with two attached hydrogens (primary N) is 1. The summed E-state index contributed by atoms with van der Waals surface area (Å²) < 4.78 is 0. The number of para-hydroxylation sites is 1. The second-order valence-electron chi connectivity index (χ2n) is 7.80. The van der Waals surface area contributed by atoms with Crippen molar-refractivity contribution in [1.82, 2.24) is 25.2 Å². The number of anilines is 1. The molecule has 8 nitrogen and oxygen atoms in total. The number of carbonyl (C=O) groups excluding carboxylic acids is 1. The summed E-state index contributed by atoms with van der Waals surface area (Å²) in [4.78, 5) is 38.2. The lowest BCUT2D eigenvalue weighted by Crippen LogP contribution is -2.38. The number of nitrogens with one attached hydrogen (secondary N) is 2. The standard InChI is InChI=1S/C23H22N6O2/c24-21-17-6-5-14(9-20(17)26-13-27-21)12-29-8-7-19(23(29)31)25-11-16-10-15-3-1-2-4-18(15)28-22(16)30/h1-6,9-10,13,19,25H,7-8,11-12H2,(H,28,30)(H2,24,26,27)/t19-/m0/s1. The average Bonchev–Trinajstić information content (AvgIpc) is 3.11. The van der Waals surface area contributed by atoms with Crippen LogP contribution in [0.4, 0.5) is 5.82 Å². The molecule has 31 heavy (non-hydrogen) atoms. The zero-order valence-electron chi connectivity index (χ0n) is 16.8. The SMILES string of the molecule is Nc1ncnc2cc(CN3CC[C@H](NCc4cc5ccccc5[nH]c4=O)C3=O)ccc12. The van der Waals surface area contributed by atoms with Gasteiger partial charge in [-0.3, -0.25) is 9.59 Å². The highest BCUT2D eigenvalue weighted by molar-refractivity contribution is 5.88. The summed E-state index contributed by atoms with van der Waals surface area (Å²) in [6.07, 6.45) is 2.14. The molecule has 1 saturated heterocycles. The van der Waals surface area contributed by atoms with E-state index in [0.29, 0.717) is 37.4 Å². The minimum absolute atomic E-state index is 0.0412. The van der Waals surface area contributed by atoms with Crippen molar-refractivity contribution in [3.05, 3.63) is 76.3 Å². The third kappa shape index (κ3) is 3.73. The number of carbonyl (C=O) groups is 1. The molecule has 1 aliphatic heterocycles. The summed E-state index contributed by atoms with van der Waals surface area (Å²) >= 11 is 0. The second kappa shape index (κ2) is 7.81. The number of hydrogen-bond donors (Lipinski definition) is 3. The van der Waals surface area contributed by atoms with Crippen LogP contribution in [0.15, 0.2) is 59.7 Å². The lowest BCUT2D eigenvalue weighted by Gasteiger charge is -2.17. The van der Waals surface area contributed by atoms with Crippen molar-refractivity contribution in [3.8, 4) is 0 Å². The van der Waals surface area contributed by atoms with E-state index in [0.717, 1.165) is 27.4 Å². The van der Waals surface area contributed by atoms with E-state index in [9.17, 15) is 9.59 Å². The van der Waals surface area contributed by atoms with Crippen molar-refractivity contribution in [2.45, 2.75) is 25.6 Å². The summed E-state index contributed by atoms with van der Waals surface area (Å²) in [5.74, 6) is 0.487. The fourth-order valence-corrected chi connectivity index (χ4v) is 4.08. The minimum Gasteiger partial charge on any atom is -0.383 e. The Kier molecular flexibility index (Phi) is 4.83. The first kappa shape index (κ1) is 19.2. The lowest BCUT2D eigenvalue weighted by molar-refractivity contribution is -0.129. The van der Waals surface area contributed by atoms with Gasteiger partial charge in [0.2, 0.25) is 5.91 Å². The lowest BCUT2D eigenvalue weighted by atomic mass is 10.1. The Morgan fingerprint density at radius 1 is 1.13 bits per heavy atom. The van der Waals surface area contributed by atoms with Crippen LogP contribution in [-0.4, -0.2) is 38.3 Å². The van der Waals surface area contributed by atoms with Gasteiger partial charge < -0.3 is 20.9 Å². The topological polar surface area (TPSA) is 117 Å². The van der Waals surface area contributed by atoms with Gasteiger partial charge in [-0.2, -0.15) is 0 Å². The Hall–Kier alpha value is -3.78. The molecule has 1 aliphatic rings. The highest BCUT2D eigenvalue weighted by atomic mass is 16.2. The maximum Gasteiger partial charge on any atom is 0.252 e. The van der Waals surface area contributed by atoms with Crippen molar-refractivity contribution in [3.63, 3.8) is 0 Å². The molecular weight excluding hydrogens is 392 g/mol. The molecule has 4 aromatic rings. The number of aromatic nitrogens is 3. The van der Waals surface area contributed by atoms with Gasteiger partial charge >= 0.3 is 0 Å². The molecule has 0 spiro atoms. The van der Waals surface area contributed by atoms with Gasteiger partial charge in [0.1, 0.15) is 12.1 Å². The molecule has 4 N–H and O–H groups in total. The van der Waals surface area contributed by atoms with Crippen LogP contribution in [0.25, 0.3) is 21.8 Å². The minimum atomic E-state index is -0.302. The van der Waals surface area contributed by atoms with Crippen molar-refractivity contribution in [2.75, 3.05) is 12.3 Å². The van der Waals surface area contributed by atoms with Gasteiger partial charge in [-0.1, -0.05) is 24.3 Å². The fourth-order valence-electron chi connectivity index (χ4n) is 4.08. The van der Waals surface area contributed by atoms with Gasteiger partial charge in [-0.25, -0.2) is 9.97 Å². The maximum absolute atomic E-state index is 12.9. The van der Waals surface area contributed by atoms with E-state index in [1.165, 1.54) is 6.33 Å². The van der Waals surface area contributed by atoms with Crippen LogP contribution in [0.1, 0.15) is 17.5 Å². The molecule has 3 heterocycles. The van der Waals surface area contributed by atoms with Crippen LogP contribution >= 0.6 is 0 Å². The maximum atomic E-state index is 12.9. The molecule has 0 saturated carbocycles. The Morgan fingerprint density at radius 2 is 2.00 bits per heavy atom. The number of aromatic amines is 1. The van der Waals surface area contributed by atoms with E-state index in [1.807, 2.05) is 53.4 Å². The monoisotopic (exact) mass is 414 g/mol. The van der Waals surface area contributed by atoms with Gasteiger partial charge in [0.25, 0.3) is 5.56 Å². The van der Waals surface area contributed by atoms with Gasteiger partial charge in [-0.05, 0) is 41.6 Å². The smallest absolute Gasteiger partial charge is 0.252 e. The van der Waals surface area contributed by atoms with Crippen LogP contribution in [0.3, 0.4) is 0 Å². The molecule has 0 unspecified atom stereocenters. The predicted molar refractivity (Wildman–Crippen MR) is 119 cm³/mol. The van der Waals surface area contributed by atoms with Crippen molar-refractivity contribution in [2.24, 2.45) is 0 Å². The van der Waals surface area contributed by atoms with Gasteiger partial charge in [0, 0.05) is 36.1 Å². The molecule has 1 amide bonds. The number of benzene rings is 2. The van der Waals surface area contributed by atoms with Crippen molar-refractivity contribution in [1.29, 1.82) is 0 Å². The molecule has 156 valence electrons. The Bertz CT molecular complexity index is 1350. The molecular formula is C23H22N6O2. The zero-order valence-corrected chi connectivity index (χ0v) is 16.8. The number of hydrogen-bond acceptors (Lipinski definition) is 6. The molecule has 5 rings (SSSR count). The van der Waals surface area contributed by atoms with Crippen LogP contribution in [0.2, 0.25) is 0 Å². The number of amides is 1. The molecule has 2 aromatic carbocycles. The third-order valence-corrected chi connectivity index (χ3v) is 5.77.